The molecule has 0 spiro atoms. The number of piperidine rings is 1. The zero-order chi connectivity index (χ0) is 21.3. The Morgan fingerprint density at radius 3 is 2.97 bits per heavy atom. The fourth-order valence-electron chi connectivity index (χ4n) is 3.89. The van der Waals surface area contributed by atoms with Crippen molar-refractivity contribution in [3.63, 3.8) is 0 Å². The molecule has 30 heavy (non-hydrogen) atoms. The number of fused-ring (bicyclic) bond motifs is 1. The highest BCUT2D eigenvalue weighted by Gasteiger charge is 2.22. The molecule has 1 saturated heterocycles. The molecule has 1 atom stereocenters. The predicted molar refractivity (Wildman–Crippen MR) is 114 cm³/mol. The molecule has 0 bridgehead atoms. The van der Waals surface area contributed by atoms with Crippen molar-refractivity contribution in [3.8, 4) is 5.75 Å². The molecule has 3 heterocycles. The lowest BCUT2D eigenvalue weighted by molar-refractivity contribution is -0.117. The molecule has 0 aliphatic carbocycles. The SMILES string of the molecule is COc1ccc(C)cc1NC(=O)Cn1nc2c(N3CCCC(C)C3)nccn2c1=O. The van der Waals surface area contributed by atoms with Gasteiger partial charge in [0, 0.05) is 25.5 Å². The molecule has 9 heteroatoms. The molecule has 0 radical (unpaired) electrons. The topological polar surface area (TPSA) is 93.8 Å². The van der Waals surface area contributed by atoms with Gasteiger partial charge in [-0.25, -0.2) is 18.9 Å². The summed E-state index contributed by atoms with van der Waals surface area (Å²) in [6, 6.07) is 5.51. The molecular formula is C21H26N6O3. The Labute approximate surface area is 174 Å². The first-order valence-electron chi connectivity index (χ1n) is 10.1. The monoisotopic (exact) mass is 410 g/mol. The van der Waals surface area contributed by atoms with Gasteiger partial charge in [0.05, 0.1) is 12.8 Å². The van der Waals surface area contributed by atoms with Crippen molar-refractivity contribution in [3.05, 3.63) is 46.6 Å². The van der Waals surface area contributed by atoms with Gasteiger partial charge in [0.15, 0.2) is 5.82 Å². The second-order valence-electron chi connectivity index (χ2n) is 7.83. The first kappa shape index (κ1) is 19.9. The smallest absolute Gasteiger partial charge is 0.350 e. The van der Waals surface area contributed by atoms with Gasteiger partial charge in [0.1, 0.15) is 12.3 Å². The average Bonchev–Trinajstić information content (AvgIpc) is 3.03. The summed E-state index contributed by atoms with van der Waals surface area (Å²) in [6.07, 6.45) is 5.45. The normalized spacial score (nSPS) is 16.6. The van der Waals surface area contributed by atoms with E-state index in [1.165, 1.54) is 15.5 Å². The third-order valence-electron chi connectivity index (χ3n) is 5.36. The number of nitrogens with zero attached hydrogens (tertiary/aromatic N) is 5. The molecule has 1 aliphatic heterocycles. The lowest BCUT2D eigenvalue weighted by Crippen LogP contribution is -2.35. The van der Waals surface area contributed by atoms with Crippen LogP contribution >= 0.6 is 0 Å². The molecule has 158 valence electrons. The Balaban J connectivity index is 1.60. The Morgan fingerprint density at radius 1 is 1.37 bits per heavy atom. The maximum atomic E-state index is 12.8. The molecule has 1 aromatic carbocycles. The number of methoxy groups -OCH3 is 1. The summed E-state index contributed by atoms with van der Waals surface area (Å²) in [4.78, 5) is 32.1. The quantitative estimate of drug-likeness (QED) is 0.692. The number of benzene rings is 1. The number of carbonyl (C=O) groups is 1. The van der Waals surface area contributed by atoms with E-state index < -0.39 is 0 Å². The van der Waals surface area contributed by atoms with E-state index in [9.17, 15) is 9.59 Å². The van der Waals surface area contributed by atoms with Crippen LogP contribution in [0.25, 0.3) is 5.65 Å². The van der Waals surface area contributed by atoms with Gasteiger partial charge in [-0.05, 0) is 43.4 Å². The van der Waals surface area contributed by atoms with E-state index in [0.717, 1.165) is 25.1 Å². The second kappa shape index (κ2) is 8.17. The van der Waals surface area contributed by atoms with E-state index in [1.54, 1.807) is 25.6 Å². The van der Waals surface area contributed by atoms with E-state index in [4.69, 9.17) is 4.74 Å². The molecule has 1 amide bonds. The fraction of sp³-hybridized carbons (Fsp3) is 0.429. The molecule has 2 aromatic heterocycles. The van der Waals surface area contributed by atoms with Crippen LogP contribution in [0.3, 0.4) is 0 Å². The van der Waals surface area contributed by atoms with Crippen molar-refractivity contribution in [1.29, 1.82) is 0 Å². The first-order valence-corrected chi connectivity index (χ1v) is 10.1. The van der Waals surface area contributed by atoms with Gasteiger partial charge < -0.3 is 15.0 Å². The Hall–Kier alpha value is -3.36. The Kier molecular flexibility index (Phi) is 5.43. The van der Waals surface area contributed by atoms with Crippen molar-refractivity contribution in [2.24, 2.45) is 5.92 Å². The number of nitrogens with one attached hydrogen (secondary N) is 1. The van der Waals surface area contributed by atoms with Crippen LogP contribution in [0.2, 0.25) is 0 Å². The highest BCUT2D eigenvalue weighted by atomic mass is 16.5. The highest BCUT2D eigenvalue weighted by Crippen LogP contribution is 2.25. The number of hydrogen-bond donors (Lipinski definition) is 1. The van der Waals surface area contributed by atoms with E-state index in [1.807, 2.05) is 19.1 Å². The lowest BCUT2D eigenvalue weighted by Gasteiger charge is -2.31. The van der Waals surface area contributed by atoms with Crippen LogP contribution in [0, 0.1) is 12.8 Å². The zero-order valence-electron chi connectivity index (χ0n) is 17.5. The van der Waals surface area contributed by atoms with Crippen LogP contribution in [0.4, 0.5) is 11.5 Å². The highest BCUT2D eigenvalue weighted by molar-refractivity contribution is 5.92. The van der Waals surface area contributed by atoms with Crippen LogP contribution in [-0.2, 0) is 11.3 Å². The van der Waals surface area contributed by atoms with Gasteiger partial charge >= 0.3 is 5.69 Å². The van der Waals surface area contributed by atoms with Crippen molar-refractivity contribution >= 4 is 23.1 Å². The predicted octanol–water partition coefficient (Wildman–Crippen LogP) is 2.08. The van der Waals surface area contributed by atoms with Crippen molar-refractivity contribution < 1.29 is 9.53 Å². The lowest BCUT2D eigenvalue weighted by atomic mass is 10.0. The number of rotatable bonds is 5. The van der Waals surface area contributed by atoms with Crippen LogP contribution < -0.4 is 20.6 Å². The Bertz CT molecular complexity index is 1140. The number of ether oxygens (including phenoxy) is 1. The fourth-order valence-corrected chi connectivity index (χ4v) is 3.89. The molecule has 0 saturated carbocycles. The summed E-state index contributed by atoms with van der Waals surface area (Å²) in [5.74, 6) is 1.44. The summed E-state index contributed by atoms with van der Waals surface area (Å²) >= 11 is 0. The standard InChI is InChI=1S/C21H26N6O3/c1-14-6-7-17(30-3)16(11-14)23-18(28)13-27-21(29)26-10-8-22-19(20(26)24-27)25-9-4-5-15(2)12-25/h6-8,10-11,15H,4-5,9,12-13H2,1-3H3,(H,23,28). The zero-order valence-corrected chi connectivity index (χ0v) is 17.5. The molecule has 1 N–H and O–H groups in total. The number of carbonyl (C=O) groups excluding carboxylic acids is 1. The maximum Gasteiger partial charge on any atom is 0.350 e. The molecule has 9 nitrogen and oxygen atoms in total. The van der Waals surface area contributed by atoms with Gasteiger partial charge in [0.25, 0.3) is 0 Å². The van der Waals surface area contributed by atoms with E-state index in [0.29, 0.717) is 28.8 Å². The summed E-state index contributed by atoms with van der Waals surface area (Å²) < 4.78 is 7.92. The van der Waals surface area contributed by atoms with Crippen LogP contribution in [0.15, 0.2) is 35.4 Å². The third kappa shape index (κ3) is 3.87. The molecule has 3 aromatic rings. The minimum atomic E-state index is -0.370. The van der Waals surface area contributed by atoms with Crippen molar-refractivity contribution in [1.82, 2.24) is 19.2 Å². The van der Waals surface area contributed by atoms with Gasteiger partial charge in [-0.15, -0.1) is 5.10 Å². The molecule has 4 rings (SSSR count). The largest absolute Gasteiger partial charge is 0.495 e. The molecule has 1 unspecified atom stereocenters. The summed E-state index contributed by atoms with van der Waals surface area (Å²) in [6.45, 7) is 5.69. The summed E-state index contributed by atoms with van der Waals surface area (Å²) in [5.41, 5.74) is 1.65. The number of anilines is 2. The number of amides is 1. The summed E-state index contributed by atoms with van der Waals surface area (Å²) in [7, 11) is 1.54. The van der Waals surface area contributed by atoms with Crippen LogP contribution in [0.1, 0.15) is 25.3 Å². The molecular weight excluding hydrogens is 384 g/mol. The maximum absolute atomic E-state index is 12.8. The van der Waals surface area contributed by atoms with Crippen molar-refractivity contribution in [2.75, 3.05) is 30.4 Å². The minimum absolute atomic E-state index is 0.201. The number of aromatic nitrogens is 4. The molecule has 1 aliphatic rings. The van der Waals surface area contributed by atoms with Gasteiger partial charge in [-0.2, -0.15) is 0 Å². The molecule has 1 fully saturated rings. The summed E-state index contributed by atoms with van der Waals surface area (Å²) in [5, 5.41) is 7.23. The van der Waals surface area contributed by atoms with E-state index in [-0.39, 0.29) is 18.1 Å². The number of aryl methyl sites for hydroxylation is 1. The average molecular weight is 410 g/mol. The van der Waals surface area contributed by atoms with Crippen LogP contribution in [-0.4, -0.2) is 45.3 Å². The second-order valence-corrected chi connectivity index (χ2v) is 7.83. The van der Waals surface area contributed by atoms with Crippen LogP contribution in [0.5, 0.6) is 5.75 Å². The first-order chi connectivity index (χ1) is 14.5. The van der Waals surface area contributed by atoms with Gasteiger partial charge in [-0.3, -0.25) is 4.79 Å². The van der Waals surface area contributed by atoms with Gasteiger partial charge in [-0.1, -0.05) is 13.0 Å². The van der Waals surface area contributed by atoms with E-state index >= 15 is 0 Å². The Morgan fingerprint density at radius 2 is 2.20 bits per heavy atom. The minimum Gasteiger partial charge on any atom is -0.495 e. The number of hydrogen-bond acceptors (Lipinski definition) is 6. The van der Waals surface area contributed by atoms with Gasteiger partial charge in [0.2, 0.25) is 11.6 Å². The third-order valence-corrected chi connectivity index (χ3v) is 5.36. The van der Waals surface area contributed by atoms with Crippen molar-refractivity contribution in [2.45, 2.75) is 33.2 Å². The van der Waals surface area contributed by atoms with E-state index in [2.05, 4.69) is 27.2 Å².